The highest BCUT2D eigenvalue weighted by Gasteiger charge is 2.11. The smallest absolute Gasteiger partial charge is 0.387 e. The lowest BCUT2D eigenvalue weighted by molar-refractivity contribution is -0.0512. The highest BCUT2D eigenvalue weighted by atomic mass is 19.3. The molecule has 0 spiro atoms. The Hall–Kier alpha value is -3.69. The van der Waals surface area contributed by atoms with E-state index < -0.39 is 6.61 Å². The minimum Gasteiger partial charge on any atom is -0.493 e. The van der Waals surface area contributed by atoms with Crippen molar-refractivity contribution in [3.8, 4) is 17.3 Å². The number of hydrogen-bond donors (Lipinski definition) is 2. The maximum Gasteiger partial charge on any atom is 0.387 e. The number of nitrogens with one attached hydrogen (secondary N) is 2. The number of carbonyl (C=O) groups is 1. The molecule has 0 aliphatic carbocycles. The van der Waals surface area contributed by atoms with Crippen molar-refractivity contribution in [1.82, 2.24) is 25.4 Å². The molecule has 2 heterocycles. The van der Waals surface area contributed by atoms with Crippen molar-refractivity contribution in [2.75, 3.05) is 7.11 Å². The van der Waals surface area contributed by atoms with Crippen LogP contribution in [0.3, 0.4) is 0 Å². The molecule has 0 radical (unpaired) electrons. The number of carbonyl (C=O) groups excluding carboxylic acids is 1. The first kappa shape index (κ1) is 20.1. The van der Waals surface area contributed by atoms with E-state index in [1.54, 1.807) is 41.5 Å². The second-order valence-corrected chi connectivity index (χ2v) is 5.87. The number of aromatic nitrogens is 3. The molecule has 8 nitrogen and oxygen atoms in total. The van der Waals surface area contributed by atoms with Crippen molar-refractivity contribution in [3.63, 3.8) is 0 Å². The van der Waals surface area contributed by atoms with Gasteiger partial charge in [0.05, 0.1) is 7.11 Å². The molecule has 0 saturated carbocycles. The Labute approximate surface area is 165 Å². The number of benzene rings is 1. The van der Waals surface area contributed by atoms with Crippen molar-refractivity contribution in [3.05, 3.63) is 66.1 Å². The highest BCUT2D eigenvalue weighted by Crippen LogP contribution is 2.29. The molecule has 0 aliphatic rings. The second kappa shape index (κ2) is 9.49. The van der Waals surface area contributed by atoms with E-state index >= 15 is 0 Å². The van der Waals surface area contributed by atoms with E-state index in [0.29, 0.717) is 17.9 Å². The summed E-state index contributed by atoms with van der Waals surface area (Å²) in [5, 5.41) is 9.56. The number of methoxy groups -OCH3 is 1. The molecule has 152 valence electrons. The van der Waals surface area contributed by atoms with Gasteiger partial charge in [-0.25, -0.2) is 14.5 Å². The van der Waals surface area contributed by atoms with Gasteiger partial charge in [0.25, 0.3) is 0 Å². The van der Waals surface area contributed by atoms with Crippen LogP contribution < -0.4 is 20.1 Å². The third-order valence-electron chi connectivity index (χ3n) is 3.90. The summed E-state index contributed by atoms with van der Waals surface area (Å²) < 4.78 is 35.8. The SMILES string of the molecule is COc1cc(CNC(=O)NCc2ccnc(-n3cccn3)c2)ccc1OC(F)F. The second-order valence-electron chi connectivity index (χ2n) is 5.87. The fourth-order valence-corrected chi connectivity index (χ4v) is 2.54. The van der Waals surface area contributed by atoms with Gasteiger partial charge in [0.1, 0.15) is 0 Å². The summed E-state index contributed by atoms with van der Waals surface area (Å²) in [6.07, 6.45) is 5.07. The Morgan fingerprint density at radius 1 is 1.10 bits per heavy atom. The van der Waals surface area contributed by atoms with Crippen molar-refractivity contribution in [1.29, 1.82) is 0 Å². The van der Waals surface area contributed by atoms with Crippen LogP contribution in [0.15, 0.2) is 55.0 Å². The zero-order valence-corrected chi connectivity index (χ0v) is 15.5. The maximum absolute atomic E-state index is 12.4. The van der Waals surface area contributed by atoms with Gasteiger partial charge in [0.2, 0.25) is 0 Å². The van der Waals surface area contributed by atoms with Gasteiger partial charge in [-0.2, -0.15) is 13.9 Å². The van der Waals surface area contributed by atoms with E-state index in [2.05, 4.69) is 25.5 Å². The van der Waals surface area contributed by atoms with Crippen LogP contribution in [0.5, 0.6) is 11.5 Å². The quantitative estimate of drug-likeness (QED) is 0.604. The summed E-state index contributed by atoms with van der Waals surface area (Å²) >= 11 is 0. The van der Waals surface area contributed by atoms with Crippen LogP contribution in [0.1, 0.15) is 11.1 Å². The molecule has 0 aliphatic heterocycles. The van der Waals surface area contributed by atoms with Crippen LogP contribution in [-0.4, -0.2) is 34.5 Å². The Kier molecular flexibility index (Phi) is 6.56. The number of amides is 2. The van der Waals surface area contributed by atoms with Crippen LogP contribution in [0.25, 0.3) is 5.82 Å². The molecule has 0 bridgehead atoms. The van der Waals surface area contributed by atoms with Crippen LogP contribution in [0.4, 0.5) is 13.6 Å². The van der Waals surface area contributed by atoms with E-state index in [4.69, 9.17) is 4.74 Å². The Morgan fingerprint density at radius 2 is 1.86 bits per heavy atom. The number of hydrogen-bond acceptors (Lipinski definition) is 5. The molecule has 10 heteroatoms. The summed E-state index contributed by atoms with van der Waals surface area (Å²) in [5.74, 6) is 0.738. The number of pyridine rings is 1. The van der Waals surface area contributed by atoms with E-state index in [0.717, 1.165) is 5.56 Å². The fourth-order valence-electron chi connectivity index (χ4n) is 2.54. The zero-order chi connectivity index (χ0) is 20.6. The van der Waals surface area contributed by atoms with Crippen LogP contribution in [0.2, 0.25) is 0 Å². The van der Waals surface area contributed by atoms with E-state index in [9.17, 15) is 13.6 Å². The Balaban J connectivity index is 1.52. The van der Waals surface area contributed by atoms with Crippen LogP contribution in [0, 0.1) is 0 Å². The number of ether oxygens (including phenoxy) is 2. The molecule has 0 atom stereocenters. The van der Waals surface area contributed by atoms with Gasteiger partial charge in [-0.1, -0.05) is 6.07 Å². The first-order chi connectivity index (χ1) is 14.0. The third-order valence-corrected chi connectivity index (χ3v) is 3.90. The van der Waals surface area contributed by atoms with Crippen molar-refractivity contribution < 1.29 is 23.0 Å². The minimum absolute atomic E-state index is 0.0682. The van der Waals surface area contributed by atoms with Gasteiger partial charge >= 0.3 is 12.6 Å². The van der Waals surface area contributed by atoms with E-state index in [1.165, 1.54) is 19.2 Å². The predicted octanol–water partition coefficient (Wildman–Crippen LogP) is 2.88. The molecule has 3 rings (SSSR count). The number of halogens is 2. The molecule has 2 N–H and O–H groups in total. The van der Waals surface area contributed by atoms with E-state index in [1.807, 2.05) is 6.07 Å². The molecule has 1 aromatic carbocycles. The summed E-state index contributed by atoms with van der Waals surface area (Å²) in [4.78, 5) is 16.3. The number of nitrogens with zero attached hydrogens (tertiary/aromatic N) is 3. The predicted molar refractivity (Wildman–Crippen MR) is 100 cm³/mol. The normalized spacial score (nSPS) is 10.6. The van der Waals surface area contributed by atoms with Crippen LogP contribution >= 0.6 is 0 Å². The summed E-state index contributed by atoms with van der Waals surface area (Å²) in [6.45, 7) is -2.46. The lowest BCUT2D eigenvalue weighted by Gasteiger charge is -2.12. The summed E-state index contributed by atoms with van der Waals surface area (Å²) in [6, 6.07) is 9.49. The topological polar surface area (TPSA) is 90.3 Å². The van der Waals surface area contributed by atoms with E-state index in [-0.39, 0.29) is 24.1 Å². The lowest BCUT2D eigenvalue weighted by atomic mass is 10.2. The third kappa shape index (κ3) is 5.64. The Bertz CT molecular complexity index is 951. The number of alkyl halides is 2. The standard InChI is InChI=1S/C19H19F2N5O3/c1-28-16-9-13(3-4-15(16)29-18(20)21)11-23-19(27)24-12-14-5-7-22-17(10-14)26-8-2-6-25-26/h2-10,18H,11-12H2,1H3,(H2,23,24,27). The van der Waals surface area contributed by atoms with Crippen LogP contribution in [-0.2, 0) is 13.1 Å². The minimum atomic E-state index is -2.94. The van der Waals surface area contributed by atoms with Crippen molar-refractivity contribution in [2.45, 2.75) is 19.7 Å². The molecule has 29 heavy (non-hydrogen) atoms. The molecule has 2 amide bonds. The average Bonchev–Trinajstić information content (AvgIpc) is 3.26. The molecular formula is C19H19F2N5O3. The average molecular weight is 403 g/mol. The van der Waals surface area contributed by atoms with Gasteiger partial charge in [0, 0.05) is 31.7 Å². The lowest BCUT2D eigenvalue weighted by Crippen LogP contribution is -2.34. The number of rotatable bonds is 8. The maximum atomic E-state index is 12.4. The van der Waals surface area contributed by atoms with Gasteiger partial charge in [-0.05, 0) is 41.5 Å². The first-order valence-electron chi connectivity index (χ1n) is 8.63. The summed E-state index contributed by atoms with van der Waals surface area (Å²) in [7, 11) is 1.35. The molecule has 3 aromatic rings. The molecule has 0 saturated heterocycles. The Morgan fingerprint density at radius 3 is 2.52 bits per heavy atom. The largest absolute Gasteiger partial charge is 0.493 e. The fraction of sp³-hybridized carbons (Fsp3) is 0.211. The molecule has 2 aromatic heterocycles. The molecule has 0 fully saturated rings. The monoisotopic (exact) mass is 403 g/mol. The summed E-state index contributed by atoms with van der Waals surface area (Å²) in [5.41, 5.74) is 1.53. The van der Waals surface area contributed by atoms with Gasteiger partial charge < -0.3 is 20.1 Å². The molecular weight excluding hydrogens is 384 g/mol. The number of urea groups is 1. The highest BCUT2D eigenvalue weighted by molar-refractivity contribution is 5.73. The van der Waals surface area contributed by atoms with Gasteiger partial charge in [-0.15, -0.1) is 0 Å². The molecule has 0 unspecified atom stereocenters. The zero-order valence-electron chi connectivity index (χ0n) is 15.5. The van der Waals surface area contributed by atoms with Crippen molar-refractivity contribution in [2.24, 2.45) is 0 Å². The van der Waals surface area contributed by atoms with Gasteiger partial charge in [0.15, 0.2) is 17.3 Å². The first-order valence-corrected chi connectivity index (χ1v) is 8.63. The van der Waals surface area contributed by atoms with Gasteiger partial charge in [-0.3, -0.25) is 0 Å². The van der Waals surface area contributed by atoms with Crippen molar-refractivity contribution >= 4 is 6.03 Å².